The number of benzene rings is 2. The summed E-state index contributed by atoms with van der Waals surface area (Å²) in [6.45, 7) is 0. The first-order chi connectivity index (χ1) is 9.97. The number of phenols is 1. The lowest BCUT2D eigenvalue weighted by Crippen LogP contribution is -2.15. The zero-order valence-electron chi connectivity index (χ0n) is 10.8. The van der Waals surface area contributed by atoms with E-state index in [4.69, 9.17) is 5.11 Å². The number of para-hydroxylation sites is 1. The molecule has 2 aromatic rings. The first kappa shape index (κ1) is 14.5. The van der Waals surface area contributed by atoms with Crippen molar-refractivity contribution in [2.75, 3.05) is 5.32 Å². The Morgan fingerprint density at radius 2 is 1.86 bits per heavy atom. The van der Waals surface area contributed by atoms with E-state index >= 15 is 0 Å². The molecule has 0 radical (unpaired) electrons. The summed E-state index contributed by atoms with van der Waals surface area (Å²) in [5.41, 5.74) is 0.0974. The van der Waals surface area contributed by atoms with Crippen molar-refractivity contribution in [2.24, 2.45) is 0 Å². The van der Waals surface area contributed by atoms with E-state index in [0.717, 1.165) is 12.1 Å². The molecule has 0 aromatic heterocycles. The molecular formula is C15H12FNO4. The molecule has 0 heterocycles. The SMILES string of the molecule is O=C(Cc1ccccc1O)Nc1ccc(F)c(C(=O)O)c1. The number of hydrogen-bond donors (Lipinski definition) is 3. The second kappa shape index (κ2) is 6.04. The predicted molar refractivity (Wildman–Crippen MR) is 73.8 cm³/mol. The first-order valence-corrected chi connectivity index (χ1v) is 6.07. The lowest BCUT2D eigenvalue weighted by Gasteiger charge is -2.07. The van der Waals surface area contributed by atoms with Crippen LogP contribution in [0.25, 0.3) is 0 Å². The number of nitrogens with one attached hydrogen (secondary N) is 1. The Labute approximate surface area is 119 Å². The molecule has 0 spiro atoms. The number of aromatic hydroxyl groups is 1. The maximum Gasteiger partial charge on any atom is 0.338 e. The minimum Gasteiger partial charge on any atom is -0.508 e. The van der Waals surface area contributed by atoms with E-state index in [1.54, 1.807) is 18.2 Å². The van der Waals surface area contributed by atoms with Crippen molar-refractivity contribution in [1.29, 1.82) is 0 Å². The van der Waals surface area contributed by atoms with Crippen molar-refractivity contribution in [1.82, 2.24) is 0 Å². The number of carbonyl (C=O) groups excluding carboxylic acids is 1. The second-order valence-corrected chi connectivity index (χ2v) is 4.35. The van der Waals surface area contributed by atoms with Crippen LogP contribution in [0.15, 0.2) is 42.5 Å². The highest BCUT2D eigenvalue weighted by atomic mass is 19.1. The van der Waals surface area contributed by atoms with Crippen molar-refractivity contribution < 1.29 is 24.2 Å². The van der Waals surface area contributed by atoms with Crippen molar-refractivity contribution >= 4 is 17.6 Å². The minimum absolute atomic E-state index is 0.00187. The summed E-state index contributed by atoms with van der Waals surface area (Å²) in [6.07, 6.45) is -0.0769. The number of hydrogen-bond acceptors (Lipinski definition) is 3. The minimum atomic E-state index is -1.41. The van der Waals surface area contributed by atoms with Crippen LogP contribution in [-0.2, 0) is 11.2 Å². The van der Waals surface area contributed by atoms with Gasteiger partial charge in [0.1, 0.15) is 11.6 Å². The molecule has 0 aliphatic rings. The lowest BCUT2D eigenvalue weighted by molar-refractivity contribution is -0.115. The van der Waals surface area contributed by atoms with Gasteiger partial charge in [-0.25, -0.2) is 9.18 Å². The number of aromatic carboxylic acids is 1. The quantitative estimate of drug-likeness (QED) is 0.806. The predicted octanol–water partition coefficient (Wildman–Crippen LogP) is 2.41. The summed E-state index contributed by atoms with van der Waals surface area (Å²) in [4.78, 5) is 22.6. The third-order valence-corrected chi connectivity index (χ3v) is 2.82. The highest BCUT2D eigenvalue weighted by molar-refractivity contribution is 5.95. The van der Waals surface area contributed by atoms with E-state index < -0.39 is 23.3 Å². The summed E-state index contributed by atoms with van der Waals surface area (Å²) in [5, 5.41) is 20.8. The molecule has 0 atom stereocenters. The fraction of sp³-hybridized carbons (Fsp3) is 0.0667. The molecular weight excluding hydrogens is 277 g/mol. The summed E-state index contributed by atoms with van der Waals surface area (Å²) in [6, 6.07) is 9.66. The fourth-order valence-corrected chi connectivity index (χ4v) is 1.81. The lowest BCUT2D eigenvalue weighted by atomic mass is 10.1. The van der Waals surface area contributed by atoms with Crippen LogP contribution in [0.5, 0.6) is 5.75 Å². The van der Waals surface area contributed by atoms with Crippen LogP contribution in [0.2, 0.25) is 0 Å². The van der Waals surface area contributed by atoms with Crippen LogP contribution in [0, 0.1) is 5.82 Å². The molecule has 1 amide bonds. The molecule has 21 heavy (non-hydrogen) atoms. The second-order valence-electron chi connectivity index (χ2n) is 4.35. The van der Waals surface area contributed by atoms with Gasteiger partial charge in [-0.2, -0.15) is 0 Å². The van der Waals surface area contributed by atoms with Gasteiger partial charge in [0, 0.05) is 11.3 Å². The first-order valence-electron chi connectivity index (χ1n) is 6.07. The largest absolute Gasteiger partial charge is 0.508 e. The van der Waals surface area contributed by atoms with E-state index in [0.29, 0.717) is 5.56 Å². The molecule has 0 unspecified atom stereocenters. The molecule has 0 fully saturated rings. The highest BCUT2D eigenvalue weighted by Crippen LogP contribution is 2.18. The zero-order chi connectivity index (χ0) is 15.4. The van der Waals surface area contributed by atoms with Gasteiger partial charge in [-0.1, -0.05) is 18.2 Å². The van der Waals surface area contributed by atoms with Crippen molar-refractivity contribution in [3.63, 3.8) is 0 Å². The number of carboxylic acids is 1. The molecule has 2 aromatic carbocycles. The van der Waals surface area contributed by atoms with Gasteiger partial charge in [0.2, 0.25) is 5.91 Å². The smallest absolute Gasteiger partial charge is 0.338 e. The van der Waals surface area contributed by atoms with Crippen LogP contribution in [-0.4, -0.2) is 22.1 Å². The number of rotatable bonds is 4. The monoisotopic (exact) mass is 289 g/mol. The molecule has 3 N–H and O–H groups in total. The molecule has 0 aliphatic heterocycles. The Morgan fingerprint density at radius 3 is 2.52 bits per heavy atom. The molecule has 0 aliphatic carbocycles. The molecule has 6 heteroatoms. The number of anilines is 1. The molecule has 0 bridgehead atoms. The molecule has 0 saturated carbocycles. The van der Waals surface area contributed by atoms with Crippen LogP contribution in [0.3, 0.4) is 0 Å². The van der Waals surface area contributed by atoms with Crippen LogP contribution < -0.4 is 5.32 Å². The van der Waals surface area contributed by atoms with Gasteiger partial charge in [-0.3, -0.25) is 4.79 Å². The Hall–Kier alpha value is -2.89. The average molecular weight is 289 g/mol. The van der Waals surface area contributed by atoms with Gasteiger partial charge in [0.15, 0.2) is 0 Å². The van der Waals surface area contributed by atoms with Gasteiger partial charge >= 0.3 is 5.97 Å². The van der Waals surface area contributed by atoms with Crippen LogP contribution >= 0.6 is 0 Å². The van der Waals surface area contributed by atoms with Gasteiger partial charge < -0.3 is 15.5 Å². The van der Waals surface area contributed by atoms with Crippen LogP contribution in [0.4, 0.5) is 10.1 Å². The zero-order valence-corrected chi connectivity index (χ0v) is 10.8. The maximum atomic E-state index is 13.2. The van der Waals surface area contributed by atoms with Crippen LogP contribution in [0.1, 0.15) is 15.9 Å². The Morgan fingerprint density at radius 1 is 1.14 bits per heavy atom. The molecule has 2 rings (SSSR count). The number of halogens is 1. The summed E-state index contributed by atoms with van der Waals surface area (Å²) in [5.74, 6) is -2.73. The van der Waals surface area contributed by atoms with Crippen molar-refractivity contribution in [3.8, 4) is 5.75 Å². The van der Waals surface area contributed by atoms with Gasteiger partial charge in [-0.05, 0) is 24.3 Å². The fourth-order valence-electron chi connectivity index (χ4n) is 1.81. The highest BCUT2D eigenvalue weighted by Gasteiger charge is 2.13. The standard InChI is InChI=1S/C15H12FNO4/c16-12-6-5-10(8-11(12)15(20)21)17-14(19)7-9-3-1-2-4-13(9)18/h1-6,8,18H,7H2,(H,17,19)(H,20,21). The normalized spacial score (nSPS) is 10.1. The summed E-state index contributed by atoms with van der Waals surface area (Å²) >= 11 is 0. The van der Waals surface area contributed by atoms with Crippen molar-refractivity contribution in [2.45, 2.75) is 6.42 Å². The van der Waals surface area contributed by atoms with E-state index in [1.165, 1.54) is 12.1 Å². The Balaban J connectivity index is 2.12. The molecule has 0 saturated heterocycles. The third kappa shape index (κ3) is 3.56. The topological polar surface area (TPSA) is 86.6 Å². The van der Waals surface area contributed by atoms with E-state index in [-0.39, 0.29) is 17.9 Å². The molecule has 108 valence electrons. The number of carbonyl (C=O) groups is 2. The van der Waals surface area contributed by atoms with Gasteiger partial charge in [0.05, 0.1) is 12.0 Å². The maximum absolute atomic E-state index is 13.2. The molecule has 5 nitrogen and oxygen atoms in total. The average Bonchev–Trinajstić information content (AvgIpc) is 2.43. The van der Waals surface area contributed by atoms with E-state index in [1.807, 2.05) is 0 Å². The number of carboxylic acid groups (broad SMARTS) is 1. The number of phenolic OH excluding ortho intramolecular Hbond substituents is 1. The van der Waals surface area contributed by atoms with Gasteiger partial charge in [-0.15, -0.1) is 0 Å². The third-order valence-electron chi connectivity index (χ3n) is 2.82. The number of amides is 1. The Bertz CT molecular complexity index is 700. The van der Waals surface area contributed by atoms with Crippen molar-refractivity contribution in [3.05, 3.63) is 59.4 Å². The van der Waals surface area contributed by atoms with E-state index in [2.05, 4.69) is 5.32 Å². The Kier molecular flexibility index (Phi) is 4.18. The van der Waals surface area contributed by atoms with Gasteiger partial charge in [0.25, 0.3) is 0 Å². The summed E-state index contributed by atoms with van der Waals surface area (Å²) in [7, 11) is 0. The van der Waals surface area contributed by atoms with E-state index in [9.17, 15) is 19.1 Å². The summed E-state index contributed by atoms with van der Waals surface area (Å²) < 4.78 is 13.2.